The number of halogens is 3. The summed E-state index contributed by atoms with van der Waals surface area (Å²) in [4.78, 5) is 5.50. The molecule has 1 fully saturated rings. The highest BCUT2D eigenvalue weighted by molar-refractivity contribution is 5.79. The molecule has 0 bridgehead atoms. The van der Waals surface area contributed by atoms with Crippen LogP contribution in [0.1, 0.15) is 37.6 Å². The van der Waals surface area contributed by atoms with E-state index >= 15 is 0 Å². The second-order valence-electron chi connectivity index (χ2n) is 6.28. The van der Waals surface area contributed by atoms with Crippen LogP contribution in [0.3, 0.4) is 0 Å². The fraction of sp³-hybridized carbons (Fsp3) is 0.733. The van der Waals surface area contributed by atoms with Gasteiger partial charge in [0.25, 0.3) is 0 Å². The molecule has 6 nitrogen and oxygen atoms in total. The molecule has 1 aliphatic rings. The van der Waals surface area contributed by atoms with E-state index in [4.69, 9.17) is 4.52 Å². The van der Waals surface area contributed by atoms with Crippen LogP contribution in [0, 0.1) is 0 Å². The van der Waals surface area contributed by atoms with Crippen molar-refractivity contribution in [3.05, 3.63) is 17.5 Å². The third-order valence-corrected chi connectivity index (χ3v) is 3.84. The van der Waals surface area contributed by atoms with Gasteiger partial charge in [-0.15, -0.1) is 0 Å². The van der Waals surface area contributed by atoms with Crippen molar-refractivity contribution in [2.45, 2.75) is 44.9 Å². The number of nitrogens with zero attached hydrogens (tertiary/aromatic N) is 3. The molecule has 1 unspecified atom stereocenters. The Morgan fingerprint density at radius 2 is 2.25 bits per heavy atom. The molecule has 1 aliphatic heterocycles. The van der Waals surface area contributed by atoms with Crippen molar-refractivity contribution in [3.63, 3.8) is 0 Å². The molecule has 24 heavy (non-hydrogen) atoms. The number of likely N-dealkylation sites (tertiary alicyclic amines) is 1. The fourth-order valence-corrected chi connectivity index (χ4v) is 2.59. The summed E-state index contributed by atoms with van der Waals surface area (Å²) in [5.74, 6) is 1.51. The van der Waals surface area contributed by atoms with E-state index in [9.17, 15) is 13.2 Å². The van der Waals surface area contributed by atoms with Crippen molar-refractivity contribution in [1.29, 1.82) is 0 Å². The average Bonchev–Trinajstić information content (AvgIpc) is 3.11. The number of aromatic nitrogens is 1. The van der Waals surface area contributed by atoms with Crippen LogP contribution in [-0.2, 0) is 6.54 Å². The van der Waals surface area contributed by atoms with Gasteiger partial charge in [0, 0.05) is 32.2 Å². The first-order valence-corrected chi connectivity index (χ1v) is 7.98. The van der Waals surface area contributed by atoms with Gasteiger partial charge < -0.3 is 15.2 Å². The van der Waals surface area contributed by atoms with E-state index < -0.39 is 12.7 Å². The fourth-order valence-electron chi connectivity index (χ4n) is 2.59. The van der Waals surface area contributed by atoms with E-state index in [1.807, 2.05) is 19.9 Å². The summed E-state index contributed by atoms with van der Waals surface area (Å²) in [6.45, 7) is 4.38. The van der Waals surface area contributed by atoms with Gasteiger partial charge in [-0.2, -0.15) is 13.2 Å². The minimum atomic E-state index is -4.16. The molecule has 0 spiro atoms. The first-order valence-electron chi connectivity index (χ1n) is 7.98. The molecule has 9 heteroatoms. The molecular weight excluding hydrogens is 323 g/mol. The van der Waals surface area contributed by atoms with Crippen molar-refractivity contribution in [2.24, 2.45) is 4.99 Å². The van der Waals surface area contributed by atoms with Crippen molar-refractivity contribution in [3.8, 4) is 0 Å². The summed E-state index contributed by atoms with van der Waals surface area (Å²) in [5.41, 5.74) is 0.883. The number of rotatable bonds is 5. The molecule has 2 heterocycles. The Morgan fingerprint density at radius 1 is 1.50 bits per heavy atom. The zero-order chi connectivity index (χ0) is 17.7. The van der Waals surface area contributed by atoms with Gasteiger partial charge in [0.15, 0.2) is 11.7 Å². The lowest BCUT2D eigenvalue weighted by Crippen LogP contribution is -2.44. The monoisotopic (exact) mass is 347 g/mol. The van der Waals surface area contributed by atoms with E-state index in [1.54, 1.807) is 7.05 Å². The number of hydrogen-bond acceptors (Lipinski definition) is 4. The molecule has 0 aliphatic carbocycles. The van der Waals surface area contributed by atoms with Gasteiger partial charge in [0.1, 0.15) is 0 Å². The topological polar surface area (TPSA) is 65.7 Å². The number of hydrogen-bond donors (Lipinski definition) is 2. The van der Waals surface area contributed by atoms with Crippen molar-refractivity contribution in [1.82, 2.24) is 20.7 Å². The highest BCUT2D eigenvalue weighted by atomic mass is 19.4. The average molecular weight is 347 g/mol. The van der Waals surface area contributed by atoms with E-state index in [-0.39, 0.29) is 12.0 Å². The van der Waals surface area contributed by atoms with Gasteiger partial charge >= 0.3 is 6.18 Å². The highest BCUT2D eigenvalue weighted by Gasteiger charge is 2.34. The number of alkyl halides is 3. The quantitative estimate of drug-likeness (QED) is 0.631. The van der Waals surface area contributed by atoms with Crippen LogP contribution in [0.4, 0.5) is 13.2 Å². The van der Waals surface area contributed by atoms with Crippen molar-refractivity contribution < 1.29 is 17.7 Å². The van der Waals surface area contributed by atoms with Gasteiger partial charge in [-0.3, -0.25) is 9.89 Å². The summed E-state index contributed by atoms with van der Waals surface area (Å²) in [6.07, 6.45) is -3.51. The van der Waals surface area contributed by atoms with E-state index in [0.29, 0.717) is 37.8 Å². The molecule has 1 saturated heterocycles. The molecule has 0 saturated carbocycles. The summed E-state index contributed by atoms with van der Waals surface area (Å²) in [6, 6.07) is 1.82. The van der Waals surface area contributed by atoms with Gasteiger partial charge in [0.05, 0.1) is 18.8 Å². The molecule has 2 N–H and O–H groups in total. The summed E-state index contributed by atoms with van der Waals surface area (Å²) in [5, 5.41) is 10.2. The Balaban J connectivity index is 1.78. The molecule has 2 rings (SSSR count). The van der Waals surface area contributed by atoms with Gasteiger partial charge in [-0.1, -0.05) is 19.0 Å². The largest absolute Gasteiger partial charge is 0.401 e. The first-order chi connectivity index (χ1) is 11.3. The van der Waals surface area contributed by atoms with Crippen LogP contribution < -0.4 is 10.6 Å². The lowest BCUT2D eigenvalue weighted by molar-refractivity contribution is -0.143. The Morgan fingerprint density at radius 3 is 2.83 bits per heavy atom. The van der Waals surface area contributed by atoms with E-state index in [0.717, 1.165) is 5.69 Å². The summed E-state index contributed by atoms with van der Waals surface area (Å²) >= 11 is 0. The molecule has 0 aromatic carbocycles. The van der Waals surface area contributed by atoms with Crippen LogP contribution >= 0.6 is 0 Å². The Bertz CT molecular complexity index is 556. The smallest absolute Gasteiger partial charge is 0.359 e. The van der Waals surface area contributed by atoms with Gasteiger partial charge in [-0.05, 0) is 12.3 Å². The zero-order valence-corrected chi connectivity index (χ0v) is 14.2. The Labute approximate surface area is 139 Å². The second kappa shape index (κ2) is 7.87. The van der Waals surface area contributed by atoms with Crippen molar-refractivity contribution in [2.75, 3.05) is 26.7 Å². The minimum Gasteiger partial charge on any atom is -0.359 e. The Kier molecular flexibility index (Phi) is 6.09. The lowest BCUT2D eigenvalue weighted by Gasteiger charge is -2.19. The predicted octanol–water partition coefficient (Wildman–Crippen LogP) is 2.10. The second-order valence-corrected chi connectivity index (χ2v) is 6.28. The van der Waals surface area contributed by atoms with Crippen LogP contribution in [0.25, 0.3) is 0 Å². The highest BCUT2D eigenvalue weighted by Crippen LogP contribution is 2.20. The van der Waals surface area contributed by atoms with Crippen molar-refractivity contribution >= 4 is 5.96 Å². The molecular formula is C15H24F3N5O. The maximum Gasteiger partial charge on any atom is 0.401 e. The van der Waals surface area contributed by atoms with E-state index in [1.165, 1.54) is 4.90 Å². The minimum absolute atomic E-state index is 0.0560. The van der Waals surface area contributed by atoms with Crippen LogP contribution in [-0.4, -0.2) is 54.9 Å². The zero-order valence-electron chi connectivity index (χ0n) is 14.2. The normalized spacial score (nSPS) is 20.0. The maximum absolute atomic E-state index is 12.4. The van der Waals surface area contributed by atoms with Crippen LogP contribution in [0.15, 0.2) is 15.6 Å². The van der Waals surface area contributed by atoms with Gasteiger partial charge in [0.2, 0.25) is 0 Å². The van der Waals surface area contributed by atoms with Crippen LogP contribution in [0.2, 0.25) is 0 Å². The van der Waals surface area contributed by atoms with Crippen LogP contribution in [0.5, 0.6) is 0 Å². The molecule has 1 aromatic rings. The SMILES string of the molecule is CN=C(NCc1cc(C(C)C)no1)NC1CCN(CC(F)(F)F)C1. The predicted molar refractivity (Wildman–Crippen MR) is 84.8 cm³/mol. The number of aliphatic imine (C=N–C) groups is 1. The molecule has 1 aromatic heterocycles. The molecule has 136 valence electrons. The number of guanidine groups is 1. The molecule has 0 radical (unpaired) electrons. The maximum atomic E-state index is 12.4. The third kappa shape index (κ3) is 5.70. The Hall–Kier alpha value is -1.77. The molecule has 0 amide bonds. The standard InChI is InChI=1S/C15H24F3N5O/c1-10(2)13-6-12(24-22-13)7-20-14(19-3)21-11-4-5-23(8-11)9-15(16,17)18/h6,10-11H,4-5,7-9H2,1-3H3,(H2,19,20,21). The summed E-state index contributed by atoms with van der Waals surface area (Å²) in [7, 11) is 1.62. The molecule has 1 atom stereocenters. The summed E-state index contributed by atoms with van der Waals surface area (Å²) < 4.78 is 42.5. The number of nitrogens with one attached hydrogen (secondary N) is 2. The van der Waals surface area contributed by atoms with E-state index in [2.05, 4.69) is 20.8 Å². The van der Waals surface area contributed by atoms with Gasteiger partial charge in [-0.25, -0.2) is 0 Å². The third-order valence-electron chi connectivity index (χ3n) is 3.84. The lowest BCUT2D eigenvalue weighted by atomic mass is 10.1. The first kappa shape index (κ1) is 18.6.